The van der Waals surface area contributed by atoms with Gasteiger partial charge in [-0.05, 0) is 50.4 Å². The van der Waals surface area contributed by atoms with Gasteiger partial charge in [-0.3, -0.25) is 4.79 Å². The molecule has 0 amide bonds. The van der Waals surface area contributed by atoms with Crippen molar-refractivity contribution in [2.24, 2.45) is 11.0 Å². The molecule has 0 rings (SSSR count). The van der Waals surface area contributed by atoms with Crippen LogP contribution in [0.2, 0.25) is 18.1 Å². The lowest BCUT2D eigenvalue weighted by Crippen LogP contribution is -2.51. The Balaban J connectivity index is 5.60. The average Bonchev–Trinajstić information content (AvgIpc) is 2.29. The third kappa shape index (κ3) is 6.93. The Morgan fingerprint density at radius 2 is 1.61 bits per heavy atom. The van der Waals surface area contributed by atoms with E-state index in [9.17, 15) is 4.79 Å². The Bertz CT molecular complexity index is 458. The van der Waals surface area contributed by atoms with E-state index in [0.29, 0.717) is 0 Å². The summed E-state index contributed by atoms with van der Waals surface area (Å²) in [4.78, 5) is 15.3. The first kappa shape index (κ1) is 22.0. The van der Waals surface area contributed by atoms with E-state index in [1.165, 1.54) is 0 Å². The van der Waals surface area contributed by atoms with E-state index in [1.807, 2.05) is 13.8 Å². The van der Waals surface area contributed by atoms with E-state index in [0.717, 1.165) is 0 Å². The second-order valence-corrected chi connectivity index (χ2v) is 13.5. The summed E-state index contributed by atoms with van der Waals surface area (Å²) in [6, 6.07) is -0.978. The minimum atomic E-state index is -2.12. The van der Waals surface area contributed by atoms with Crippen LogP contribution in [-0.4, -0.2) is 32.0 Å². The Morgan fingerprint density at radius 1 is 1.13 bits per heavy atom. The second kappa shape index (κ2) is 7.68. The van der Waals surface area contributed by atoms with Gasteiger partial charge in [0.2, 0.25) is 0 Å². The van der Waals surface area contributed by atoms with E-state index in [1.54, 1.807) is 20.8 Å². The summed E-state index contributed by atoms with van der Waals surface area (Å²) in [5.74, 6) is -0.514. The third-order valence-corrected chi connectivity index (χ3v) is 8.50. The standard InChI is InChI=1S/C16H33N3O3Si/c1-11(2)13(22-23(9,10)16(6,7)8)12(18-19-17)14(20)21-15(3,4)5/h11-13H,1-10H3/t12-,13+/m1/s1. The molecule has 0 aromatic rings. The molecule has 0 saturated carbocycles. The number of carbonyl (C=O) groups excluding carboxylic acids is 1. The van der Waals surface area contributed by atoms with E-state index in [4.69, 9.17) is 14.7 Å². The van der Waals surface area contributed by atoms with Crippen LogP contribution in [0.4, 0.5) is 0 Å². The van der Waals surface area contributed by atoms with Gasteiger partial charge in [0, 0.05) is 4.91 Å². The molecule has 134 valence electrons. The summed E-state index contributed by atoms with van der Waals surface area (Å²) in [5, 5.41) is 3.69. The Hall–Kier alpha value is -1.04. The first-order valence-electron chi connectivity index (χ1n) is 8.07. The van der Waals surface area contributed by atoms with Crippen LogP contribution in [-0.2, 0) is 14.0 Å². The van der Waals surface area contributed by atoms with Crippen LogP contribution in [0.5, 0.6) is 0 Å². The number of azide groups is 1. The van der Waals surface area contributed by atoms with Gasteiger partial charge in [-0.1, -0.05) is 39.7 Å². The molecular weight excluding hydrogens is 310 g/mol. The Kier molecular flexibility index (Phi) is 7.34. The summed E-state index contributed by atoms with van der Waals surface area (Å²) < 4.78 is 11.8. The molecule has 0 aliphatic heterocycles. The van der Waals surface area contributed by atoms with Crippen molar-refractivity contribution in [3.8, 4) is 0 Å². The molecule has 0 radical (unpaired) electrons. The third-order valence-electron chi connectivity index (χ3n) is 4.03. The van der Waals surface area contributed by atoms with E-state index >= 15 is 0 Å². The molecule has 6 nitrogen and oxygen atoms in total. The molecule has 0 fully saturated rings. The summed E-state index contributed by atoms with van der Waals surface area (Å²) in [6.45, 7) is 19.9. The van der Waals surface area contributed by atoms with Crippen LogP contribution in [0.15, 0.2) is 5.11 Å². The maximum atomic E-state index is 12.5. The highest BCUT2D eigenvalue weighted by atomic mass is 28.4. The number of esters is 1. The summed E-state index contributed by atoms with van der Waals surface area (Å²) >= 11 is 0. The van der Waals surface area contributed by atoms with Crippen LogP contribution >= 0.6 is 0 Å². The van der Waals surface area contributed by atoms with Crippen molar-refractivity contribution in [2.75, 3.05) is 0 Å². The van der Waals surface area contributed by atoms with Crippen molar-refractivity contribution >= 4 is 14.3 Å². The molecule has 0 saturated heterocycles. The van der Waals surface area contributed by atoms with Gasteiger partial charge in [-0.15, -0.1) is 0 Å². The largest absolute Gasteiger partial charge is 0.460 e. The maximum absolute atomic E-state index is 12.5. The van der Waals surface area contributed by atoms with Crippen molar-refractivity contribution in [2.45, 2.75) is 91.3 Å². The molecule has 0 unspecified atom stereocenters. The summed E-state index contributed by atoms with van der Waals surface area (Å²) in [7, 11) is -2.12. The van der Waals surface area contributed by atoms with Crippen LogP contribution in [0.3, 0.4) is 0 Å². The first-order valence-corrected chi connectivity index (χ1v) is 11.0. The van der Waals surface area contributed by atoms with Crippen LogP contribution in [0.1, 0.15) is 55.4 Å². The van der Waals surface area contributed by atoms with Gasteiger partial charge in [0.15, 0.2) is 14.4 Å². The van der Waals surface area contributed by atoms with Crippen molar-refractivity contribution in [1.82, 2.24) is 0 Å². The SMILES string of the molecule is CC(C)[C@H](O[Si](C)(C)C(C)(C)C)[C@@H](N=[N+]=[N-])C(=O)OC(C)(C)C. The normalized spacial score (nSPS) is 15.8. The lowest BCUT2D eigenvalue weighted by molar-refractivity contribution is -0.159. The lowest BCUT2D eigenvalue weighted by Gasteiger charge is -2.41. The van der Waals surface area contributed by atoms with Gasteiger partial charge in [0.25, 0.3) is 0 Å². The van der Waals surface area contributed by atoms with Crippen LogP contribution in [0.25, 0.3) is 10.4 Å². The topological polar surface area (TPSA) is 84.3 Å². The molecule has 7 heteroatoms. The van der Waals surface area contributed by atoms with Crippen molar-refractivity contribution in [3.63, 3.8) is 0 Å². The number of hydrogen-bond acceptors (Lipinski definition) is 4. The van der Waals surface area contributed by atoms with Crippen molar-refractivity contribution in [1.29, 1.82) is 0 Å². The maximum Gasteiger partial charge on any atom is 0.318 e. The van der Waals surface area contributed by atoms with E-state index in [-0.39, 0.29) is 11.0 Å². The molecule has 2 atom stereocenters. The van der Waals surface area contributed by atoms with Gasteiger partial charge in [0.05, 0.1) is 6.10 Å². The molecule has 23 heavy (non-hydrogen) atoms. The smallest absolute Gasteiger partial charge is 0.318 e. The first-order chi connectivity index (χ1) is 10.1. The van der Waals surface area contributed by atoms with Gasteiger partial charge in [0.1, 0.15) is 5.60 Å². The fourth-order valence-corrected chi connectivity index (χ4v) is 3.18. The molecule has 0 aliphatic rings. The molecule has 0 aliphatic carbocycles. The molecule has 0 bridgehead atoms. The van der Waals surface area contributed by atoms with Gasteiger partial charge in [-0.25, -0.2) is 0 Å². The van der Waals surface area contributed by atoms with Gasteiger partial charge in [-0.2, -0.15) is 0 Å². The number of ether oxygens (including phenoxy) is 1. The van der Waals surface area contributed by atoms with Crippen molar-refractivity contribution in [3.05, 3.63) is 10.4 Å². The summed E-state index contributed by atoms with van der Waals surface area (Å²) in [5.41, 5.74) is 8.24. The number of hydrogen-bond donors (Lipinski definition) is 0. The van der Waals surface area contributed by atoms with Gasteiger partial charge >= 0.3 is 5.97 Å². The molecule has 0 aromatic carbocycles. The highest BCUT2D eigenvalue weighted by Crippen LogP contribution is 2.39. The zero-order chi connectivity index (χ0) is 18.6. The number of carbonyl (C=O) groups is 1. The minimum absolute atomic E-state index is 0.00498. The highest BCUT2D eigenvalue weighted by Gasteiger charge is 2.43. The van der Waals surface area contributed by atoms with E-state index < -0.39 is 32.0 Å². The van der Waals surface area contributed by atoms with Crippen LogP contribution < -0.4 is 0 Å². The summed E-state index contributed by atoms with van der Waals surface area (Å²) in [6.07, 6.45) is -0.498. The van der Waals surface area contributed by atoms with Crippen LogP contribution in [0, 0.1) is 5.92 Å². The molecule has 0 aromatic heterocycles. The zero-order valence-electron chi connectivity index (χ0n) is 16.3. The molecule has 0 N–H and O–H groups in total. The highest BCUT2D eigenvalue weighted by molar-refractivity contribution is 6.74. The minimum Gasteiger partial charge on any atom is -0.460 e. The lowest BCUT2D eigenvalue weighted by atomic mass is 10.00. The molecular formula is C16H33N3O3Si. The monoisotopic (exact) mass is 343 g/mol. The fourth-order valence-electron chi connectivity index (χ4n) is 1.75. The molecule has 0 spiro atoms. The van der Waals surface area contributed by atoms with Gasteiger partial charge < -0.3 is 9.16 Å². The Labute approximate surface area is 141 Å². The quantitative estimate of drug-likeness (QED) is 0.222. The average molecular weight is 344 g/mol. The Morgan fingerprint density at radius 3 is 1.91 bits per heavy atom. The predicted octanol–water partition coefficient (Wildman–Crippen LogP) is 5.05. The second-order valence-electron chi connectivity index (χ2n) is 8.77. The number of nitrogens with zero attached hydrogens (tertiary/aromatic N) is 3. The zero-order valence-corrected chi connectivity index (χ0v) is 17.3. The van der Waals surface area contributed by atoms with E-state index in [2.05, 4.69) is 43.9 Å². The molecule has 0 heterocycles. The number of rotatable bonds is 6. The predicted molar refractivity (Wildman–Crippen MR) is 95.7 cm³/mol. The fraction of sp³-hybridized carbons (Fsp3) is 0.938. The van der Waals surface area contributed by atoms with Crippen molar-refractivity contribution < 1.29 is 14.0 Å².